The van der Waals surface area contributed by atoms with E-state index in [0.29, 0.717) is 32.7 Å². The Hall–Kier alpha value is -1.10. The molecule has 2 aliphatic heterocycles. The third kappa shape index (κ3) is 2.83. The number of hydrogen-bond donors (Lipinski definition) is 0. The topological polar surface area (TPSA) is 49.9 Å². The third-order valence-corrected chi connectivity index (χ3v) is 3.64. The summed E-state index contributed by atoms with van der Waals surface area (Å²) in [7, 11) is 0. The van der Waals surface area contributed by atoms with Gasteiger partial charge in [-0.25, -0.2) is 0 Å². The number of morpholine rings is 1. The first-order chi connectivity index (χ1) is 8.74. The highest BCUT2D eigenvalue weighted by Gasteiger charge is 2.36. The molecular weight excluding hydrogens is 232 g/mol. The summed E-state index contributed by atoms with van der Waals surface area (Å²) in [6.07, 6.45) is 3.14. The average molecular weight is 254 g/mol. The number of hydrogen-bond acceptors (Lipinski definition) is 3. The van der Waals surface area contributed by atoms with E-state index in [1.807, 2.05) is 11.8 Å². The molecule has 2 rings (SSSR count). The Kier molecular flexibility index (Phi) is 4.58. The highest BCUT2D eigenvalue weighted by atomic mass is 16.5. The van der Waals surface area contributed by atoms with E-state index in [2.05, 4.69) is 0 Å². The fraction of sp³-hybridized carbons (Fsp3) is 0.846. The van der Waals surface area contributed by atoms with Crippen LogP contribution in [0.3, 0.4) is 0 Å². The zero-order valence-electron chi connectivity index (χ0n) is 11.1. The monoisotopic (exact) mass is 254 g/mol. The van der Waals surface area contributed by atoms with Crippen LogP contribution in [0.1, 0.15) is 32.6 Å². The van der Waals surface area contributed by atoms with Crippen molar-refractivity contribution >= 4 is 11.8 Å². The van der Waals surface area contributed by atoms with Gasteiger partial charge in [0.05, 0.1) is 13.2 Å². The summed E-state index contributed by atoms with van der Waals surface area (Å²) in [5.74, 6) is 0.238. The number of likely N-dealkylation sites (tertiary alicyclic amines) is 1. The summed E-state index contributed by atoms with van der Waals surface area (Å²) in [4.78, 5) is 28.0. The van der Waals surface area contributed by atoms with Gasteiger partial charge in [-0.15, -0.1) is 0 Å². The highest BCUT2D eigenvalue weighted by molar-refractivity contribution is 5.88. The lowest BCUT2D eigenvalue weighted by molar-refractivity contribution is -0.146. The molecule has 0 bridgehead atoms. The smallest absolute Gasteiger partial charge is 0.245 e. The molecular formula is C13H22N2O3. The molecule has 5 heteroatoms. The van der Waals surface area contributed by atoms with Crippen molar-refractivity contribution in [1.82, 2.24) is 9.80 Å². The minimum atomic E-state index is -0.220. The van der Waals surface area contributed by atoms with Crippen molar-refractivity contribution in [1.29, 1.82) is 0 Å². The van der Waals surface area contributed by atoms with Gasteiger partial charge in [-0.1, -0.05) is 6.92 Å². The third-order valence-electron chi connectivity index (χ3n) is 3.64. The molecule has 2 fully saturated rings. The van der Waals surface area contributed by atoms with Gasteiger partial charge in [-0.2, -0.15) is 0 Å². The second kappa shape index (κ2) is 6.18. The summed E-state index contributed by atoms with van der Waals surface area (Å²) >= 11 is 0. The van der Waals surface area contributed by atoms with Crippen LogP contribution in [0.25, 0.3) is 0 Å². The molecule has 0 spiro atoms. The lowest BCUT2D eigenvalue weighted by Gasteiger charge is -2.32. The Morgan fingerprint density at radius 1 is 1.22 bits per heavy atom. The zero-order valence-corrected chi connectivity index (χ0v) is 11.1. The predicted octanol–water partition coefficient (Wildman–Crippen LogP) is 0.636. The van der Waals surface area contributed by atoms with Gasteiger partial charge in [-0.3, -0.25) is 9.59 Å². The minimum Gasteiger partial charge on any atom is -0.378 e. The summed E-state index contributed by atoms with van der Waals surface area (Å²) in [5.41, 5.74) is 0. The Balaban J connectivity index is 1.97. The molecule has 102 valence electrons. The molecule has 1 unspecified atom stereocenters. The maximum Gasteiger partial charge on any atom is 0.245 e. The first kappa shape index (κ1) is 13.3. The van der Waals surface area contributed by atoms with Crippen LogP contribution in [0, 0.1) is 0 Å². The Morgan fingerprint density at radius 2 is 1.94 bits per heavy atom. The van der Waals surface area contributed by atoms with E-state index in [-0.39, 0.29) is 17.9 Å². The second-order valence-corrected chi connectivity index (χ2v) is 4.93. The number of amides is 2. The van der Waals surface area contributed by atoms with E-state index < -0.39 is 0 Å². The number of ether oxygens (including phenoxy) is 1. The van der Waals surface area contributed by atoms with Crippen LogP contribution in [0.15, 0.2) is 0 Å². The SMILES string of the molecule is CCCC(=O)N1CCCC1C(=O)N1CCOCC1. The molecule has 1 atom stereocenters. The normalized spacial score (nSPS) is 24.4. The molecule has 2 amide bonds. The van der Waals surface area contributed by atoms with Gasteiger partial charge >= 0.3 is 0 Å². The van der Waals surface area contributed by atoms with E-state index in [1.165, 1.54) is 0 Å². The number of nitrogens with zero attached hydrogens (tertiary/aromatic N) is 2. The van der Waals surface area contributed by atoms with E-state index in [1.54, 1.807) is 4.90 Å². The highest BCUT2D eigenvalue weighted by Crippen LogP contribution is 2.21. The number of carbonyl (C=O) groups is 2. The molecule has 2 aliphatic rings. The average Bonchev–Trinajstić information content (AvgIpc) is 2.88. The van der Waals surface area contributed by atoms with Crippen LogP contribution in [-0.4, -0.2) is 60.5 Å². The quantitative estimate of drug-likeness (QED) is 0.742. The maximum absolute atomic E-state index is 12.4. The lowest BCUT2D eigenvalue weighted by Crippen LogP contribution is -2.51. The minimum absolute atomic E-state index is 0.111. The molecule has 0 N–H and O–H groups in total. The van der Waals surface area contributed by atoms with Gasteiger partial charge < -0.3 is 14.5 Å². The molecule has 2 heterocycles. The van der Waals surface area contributed by atoms with E-state index >= 15 is 0 Å². The fourth-order valence-electron chi connectivity index (χ4n) is 2.67. The predicted molar refractivity (Wildman–Crippen MR) is 67.0 cm³/mol. The van der Waals surface area contributed by atoms with Crippen LogP contribution < -0.4 is 0 Å². The molecule has 0 aromatic carbocycles. The molecule has 2 saturated heterocycles. The van der Waals surface area contributed by atoms with E-state index in [0.717, 1.165) is 25.8 Å². The summed E-state index contributed by atoms with van der Waals surface area (Å²) in [6.45, 7) is 5.27. The van der Waals surface area contributed by atoms with E-state index in [9.17, 15) is 9.59 Å². The van der Waals surface area contributed by atoms with Crippen LogP contribution in [0.5, 0.6) is 0 Å². The van der Waals surface area contributed by atoms with Gasteiger partial charge in [0.25, 0.3) is 0 Å². The van der Waals surface area contributed by atoms with Crippen LogP contribution >= 0.6 is 0 Å². The lowest BCUT2D eigenvalue weighted by atomic mass is 10.1. The van der Waals surface area contributed by atoms with Crippen molar-refractivity contribution in [2.75, 3.05) is 32.8 Å². The first-order valence-electron chi connectivity index (χ1n) is 6.90. The van der Waals surface area contributed by atoms with Gasteiger partial charge in [0, 0.05) is 26.1 Å². The van der Waals surface area contributed by atoms with Crippen molar-refractivity contribution in [3.05, 3.63) is 0 Å². The summed E-state index contributed by atoms with van der Waals surface area (Å²) in [5, 5.41) is 0. The Morgan fingerprint density at radius 3 is 2.61 bits per heavy atom. The summed E-state index contributed by atoms with van der Waals surface area (Å²) < 4.78 is 5.25. The molecule has 5 nitrogen and oxygen atoms in total. The number of rotatable bonds is 3. The Labute approximate surface area is 108 Å². The van der Waals surface area contributed by atoms with Crippen LogP contribution in [0.2, 0.25) is 0 Å². The van der Waals surface area contributed by atoms with Crippen LogP contribution in [-0.2, 0) is 14.3 Å². The van der Waals surface area contributed by atoms with Gasteiger partial charge in [0.1, 0.15) is 6.04 Å². The molecule has 0 aliphatic carbocycles. The molecule has 0 aromatic rings. The van der Waals surface area contributed by atoms with Crippen molar-refractivity contribution in [2.45, 2.75) is 38.6 Å². The number of carbonyl (C=O) groups excluding carboxylic acids is 2. The molecule has 0 aromatic heterocycles. The van der Waals surface area contributed by atoms with Crippen LogP contribution in [0.4, 0.5) is 0 Å². The molecule has 18 heavy (non-hydrogen) atoms. The fourth-order valence-corrected chi connectivity index (χ4v) is 2.67. The summed E-state index contributed by atoms with van der Waals surface area (Å²) in [6, 6.07) is -0.220. The first-order valence-corrected chi connectivity index (χ1v) is 6.90. The maximum atomic E-state index is 12.4. The van der Waals surface area contributed by atoms with Crippen molar-refractivity contribution in [3.63, 3.8) is 0 Å². The molecule has 0 radical (unpaired) electrons. The largest absolute Gasteiger partial charge is 0.378 e. The van der Waals surface area contributed by atoms with E-state index in [4.69, 9.17) is 4.74 Å². The van der Waals surface area contributed by atoms with Crippen molar-refractivity contribution < 1.29 is 14.3 Å². The Bertz CT molecular complexity index is 313. The standard InChI is InChI=1S/C13H22N2O3/c1-2-4-12(16)15-6-3-5-11(15)13(17)14-7-9-18-10-8-14/h11H,2-10H2,1H3. The zero-order chi connectivity index (χ0) is 13.0. The van der Waals surface area contributed by atoms with Gasteiger partial charge in [0.2, 0.25) is 11.8 Å². The van der Waals surface area contributed by atoms with Gasteiger partial charge in [-0.05, 0) is 19.3 Å². The second-order valence-electron chi connectivity index (χ2n) is 4.93. The van der Waals surface area contributed by atoms with Crippen molar-refractivity contribution in [2.24, 2.45) is 0 Å². The van der Waals surface area contributed by atoms with Gasteiger partial charge in [0.15, 0.2) is 0 Å². The molecule has 0 saturated carbocycles. The van der Waals surface area contributed by atoms with Crippen molar-refractivity contribution in [3.8, 4) is 0 Å².